The molecule has 0 spiro atoms. The Kier molecular flexibility index (Phi) is 3.38. The summed E-state index contributed by atoms with van der Waals surface area (Å²) in [6.45, 7) is 0.590. The molecule has 80 valence electrons. The van der Waals surface area contributed by atoms with Crippen LogP contribution in [0.5, 0.6) is 0 Å². The monoisotopic (exact) mass is 242 g/mol. The molecule has 0 radical (unpaired) electrons. The number of halogens is 1. The van der Waals surface area contributed by atoms with E-state index in [1.807, 2.05) is 24.3 Å². The van der Waals surface area contributed by atoms with Gasteiger partial charge >= 0.3 is 0 Å². The third-order valence-corrected chi connectivity index (χ3v) is 3.40. The molecule has 0 fully saturated rings. The molecule has 3 nitrogen and oxygen atoms in total. The average molecular weight is 243 g/mol. The molecule has 2 rings (SSSR count). The minimum absolute atomic E-state index is 0.172. The minimum Gasteiger partial charge on any atom is -0.463 e. The lowest BCUT2D eigenvalue weighted by Crippen LogP contribution is -2.10. The van der Waals surface area contributed by atoms with Gasteiger partial charge < -0.3 is 10.5 Å². The lowest BCUT2D eigenvalue weighted by molar-refractivity contribution is 0.320. The number of ether oxygens (including phenoxy) is 1. The van der Waals surface area contributed by atoms with Crippen molar-refractivity contribution in [2.24, 2.45) is 10.7 Å². The number of hydrogen-bond acceptors (Lipinski definition) is 4. The summed E-state index contributed by atoms with van der Waals surface area (Å²) in [4.78, 5) is 5.33. The molecule has 1 heterocycles. The lowest BCUT2D eigenvalue weighted by atomic mass is 10.4. The van der Waals surface area contributed by atoms with Crippen LogP contribution in [0.1, 0.15) is 0 Å². The molecule has 0 aliphatic carbocycles. The van der Waals surface area contributed by atoms with Crippen LogP contribution in [0.3, 0.4) is 0 Å². The highest BCUT2D eigenvalue weighted by atomic mass is 35.5. The summed E-state index contributed by atoms with van der Waals surface area (Å²) in [6.07, 6.45) is 0. The van der Waals surface area contributed by atoms with Crippen LogP contribution in [0.2, 0.25) is 5.02 Å². The number of aliphatic imine (C=N–C) groups is 1. The van der Waals surface area contributed by atoms with Crippen LogP contribution >= 0.6 is 23.4 Å². The molecular weight excluding hydrogens is 232 g/mol. The van der Waals surface area contributed by atoms with Crippen LogP contribution in [0, 0.1) is 0 Å². The zero-order valence-corrected chi connectivity index (χ0v) is 9.59. The van der Waals surface area contributed by atoms with Crippen molar-refractivity contribution in [3.8, 4) is 0 Å². The van der Waals surface area contributed by atoms with Gasteiger partial charge in [-0.05, 0) is 24.3 Å². The van der Waals surface area contributed by atoms with E-state index in [0.717, 1.165) is 10.8 Å². The van der Waals surface area contributed by atoms with Crippen LogP contribution in [-0.4, -0.2) is 24.4 Å². The van der Waals surface area contributed by atoms with E-state index in [4.69, 9.17) is 22.1 Å². The van der Waals surface area contributed by atoms with Gasteiger partial charge in [-0.3, -0.25) is 0 Å². The number of nitrogens with two attached hydrogens (primary N) is 1. The summed E-state index contributed by atoms with van der Waals surface area (Å²) >= 11 is 7.52. The molecule has 1 atom stereocenters. The Morgan fingerprint density at radius 2 is 2.20 bits per heavy atom. The second-order valence-corrected chi connectivity index (χ2v) is 4.73. The van der Waals surface area contributed by atoms with Crippen molar-refractivity contribution in [1.82, 2.24) is 0 Å². The second-order valence-electron chi connectivity index (χ2n) is 3.20. The second kappa shape index (κ2) is 4.77. The van der Waals surface area contributed by atoms with E-state index in [2.05, 4.69) is 4.99 Å². The molecule has 1 aliphatic heterocycles. The Morgan fingerprint density at radius 1 is 1.47 bits per heavy atom. The van der Waals surface area contributed by atoms with E-state index in [1.165, 1.54) is 4.90 Å². The Morgan fingerprint density at radius 3 is 2.80 bits per heavy atom. The van der Waals surface area contributed by atoms with Gasteiger partial charge in [0.2, 0.25) is 0 Å². The molecule has 0 amide bonds. The quantitative estimate of drug-likeness (QED) is 0.827. The van der Waals surface area contributed by atoms with Crippen LogP contribution in [-0.2, 0) is 4.74 Å². The molecule has 0 bridgehead atoms. The number of benzene rings is 1. The van der Waals surface area contributed by atoms with E-state index in [-0.39, 0.29) is 6.04 Å². The van der Waals surface area contributed by atoms with Crippen LogP contribution in [0.25, 0.3) is 0 Å². The number of hydrogen-bond donors (Lipinski definition) is 1. The van der Waals surface area contributed by atoms with Gasteiger partial charge in [0.15, 0.2) is 0 Å². The average Bonchev–Trinajstić information content (AvgIpc) is 2.64. The van der Waals surface area contributed by atoms with Crippen molar-refractivity contribution in [1.29, 1.82) is 0 Å². The number of amidine groups is 1. The standard InChI is InChI=1S/C10H11ClN2OS/c11-7-1-3-9(4-2-7)15-6-8-5-14-10(12)13-8/h1-4,8H,5-6H2,(H2,12,13)/t8-/m1/s1. The molecule has 15 heavy (non-hydrogen) atoms. The fraction of sp³-hybridized carbons (Fsp3) is 0.300. The molecule has 0 saturated heterocycles. The zero-order chi connectivity index (χ0) is 10.7. The SMILES string of the molecule is NC1=N[C@@H](CSc2ccc(Cl)cc2)CO1. The molecule has 0 aromatic heterocycles. The molecular formula is C10H11ClN2OS. The van der Waals surface area contributed by atoms with Crippen molar-refractivity contribution in [2.45, 2.75) is 10.9 Å². The van der Waals surface area contributed by atoms with Crippen LogP contribution in [0.4, 0.5) is 0 Å². The van der Waals surface area contributed by atoms with Gasteiger partial charge in [0, 0.05) is 15.7 Å². The largest absolute Gasteiger partial charge is 0.463 e. The van der Waals surface area contributed by atoms with Crippen molar-refractivity contribution in [2.75, 3.05) is 12.4 Å². The summed E-state index contributed by atoms with van der Waals surface area (Å²) in [5, 5.41) is 0.755. The van der Waals surface area contributed by atoms with Crippen LogP contribution in [0.15, 0.2) is 34.2 Å². The van der Waals surface area contributed by atoms with Gasteiger partial charge in [-0.15, -0.1) is 11.8 Å². The molecule has 1 aromatic rings. The van der Waals surface area contributed by atoms with Gasteiger partial charge in [-0.2, -0.15) is 0 Å². The van der Waals surface area contributed by atoms with Gasteiger partial charge in [0.25, 0.3) is 6.02 Å². The molecule has 0 unspecified atom stereocenters. The van der Waals surface area contributed by atoms with E-state index in [9.17, 15) is 0 Å². The van der Waals surface area contributed by atoms with E-state index in [1.54, 1.807) is 11.8 Å². The predicted octanol–water partition coefficient (Wildman–Crippen LogP) is 2.15. The normalized spacial score (nSPS) is 19.8. The summed E-state index contributed by atoms with van der Waals surface area (Å²) in [6, 6.07) is 8.23. The van der Waals surface area contributed by atoms with E-state index in [0.29, 0.717) is 12.6 Å². The highest BCUT2D eigenvalue weighted by molar-refractivity contribution is 7.99. The predicted molar refractivity (Wildman–Crippen MR) is 63.5 cm³/mol. The minimum atomic E-state index is 0.172. The van der Waals surface area contributed by atoms with Gasteiger partial charge in [-0.25, -0.2) is 4.99 Å². The molecule has 5 heteroatoms. The fourth-order valence-corrected chi connectivity index (χ4v) is 2.25. The first-order valence-electron chi connectivity index (χ1n) is 4.58. The Bertz CT molecular complexity index is 366. The fourth-order valence-electron chi connectivity index (χ4n) is 1.24. The van der Waals surface area contributed by atoms with Crippen molar-refractivity contribution < 1.29 is 4.74 Å². The van der Waals surface area contributed by atoms with Crippen LogP contribution < -0.4 is 5.73 Å². The lowest BCUT2D eigenvalue weighted by Gasteiger charge is -2.04. The maximum absolute atomic E-state index is 5.79. The third-order valence-electron chi connectivity index (χ3n) is 1.99. The Hall–Kier alpha value is -0.870. The zero-order valence-electron chi connectivity index (χ0n) is 8.02. The highest BCUT2D eigenvalue weighted by Gasteiger charge is 2.16. The highest BCUT2D eigenvalue weighted by Crippen LogP contribution is 2.22. The Labute approximate surface area is 97.7 Å². The van der Waals surface area contributed by atoms with Gasteiger partial charge in [0.1, 0.15) is 6.61 Å². The summed E-state index contributed by atoms with van der Waals surface area (Å²) in [5.41, 5.74) is 5.42. The number of nitrogens with zero attached hydrogens (tertiary/aromatic N) is 1. The maximum Gasteiger partial charge on any atom is 0.282 e. The van der Waals surface area contributed by atoms with Crippen molar-refractivity contribution in [3.63, 3.8) is 0 Å². The topological polar surface area (TPSA) is 47.6 Å². The Balaban J connectivity index is 1.86. The third kappa shape index (κ3) is 3.04. The first kappa shape index (κ1) is 10.6. The molecule has 1 aromatic carbocycles. The van der Waals surface area contributed by atoms with E-state index < -0.39 is 0 Å². The summed E-state index contributed by atoms with van der Waals surface area (Å²) in [5.74, 6) is 0.877. The van der Waals surface area contributed by atoms with Gasteiger partial charge in [-0.1, -0.05) is 11.6 Å². The smallest absolute Gasteiger partial charge is 0.282 e. The van der Waals surface area contributed by atoms with E-state index >= 15 is 0 Å². The molecule has 2 N–H and O–H groups in total. The number of thioether (sulfide) groups is 1. The number of rotatable bonds is 3. The van der Waals surface area contributed by atoms with Crippen molar-refractivity contribution >= 4 is 29.4 Å². The van der Waals surface area contributed by atoms with Crippen molar-refractivity contribution in [3.05, 3.63) is 29.3 Å². The first-order valence-corrected chi connectivity index (χ1v) is 5.95. The maximum atomic E-state index is 5.79. The molecule has 0 saturated carbocycles. The summed E-state index contributed by atoms with van der Waals surface area (Å²) < 4.78 is 5.07. The summed E-state index contributed by atoms with van der Waals surface area (Å²) in [7, 11) is 0. The van der Waals surface area contributed by atoms with Gasteiger partial charge in [0.05, 0.1) is 6.04 Å². The molecule has 1 aliphatic rings. The first-order chi connectivity index (χ1) is 7.24.